The van der Waals surface area contributed by atoms with Crippen LogP contribution in [0.15, 0.2) is 48.5 Å². The van der Waals surface area contributed by atoms with Gasteiger partial charge in [0.15, 0.2) is 5.75 Å². The summed E-state index contributed by atoms with van der Waals surface area (Å²) < 4.78 is 24.5. The maximum Gasteiger partial charge on any atom is 0.238 e. The second-order valence-electron chi connectivity index (χ2n) is 5.87. The van der Waals surface area contributed by atoms with E-state index in [-0.39, 0.29) is 36.8 Å². The number of para-hydroxylation sites is 2. The zero-order valence-corrected chi connectivity index (χ0v) is 15.1. The number of hydrogen-bond acceptors (Lipinski definition) is 4. The molecular weight excluding hydrogens is 359 g/mol. The lowest BCUT2D eigenvalue weighted by Gasteiger charge is -2.13. The molecule has 1 saturated heterocycles. The number of rotatable bonds is 7. The summed E-state index contributed by atoms with van der Waals surface area (Å²) in [6, 6.07) is 12.9. The molecule has 0 radical (unpaired) electrons. The van der Waals surface area contributed by atoms with Gasteiger partial charge in [0.05, 0.1) is 18.3 Å². The molecule has 26 heavy (non-hydrogen) atoms. The number of nitrogens with one attached hydrogen (secondary N) is 2. The van der Waals surface area contributed by atoms with Crippen LogP contribution < -0.4 is 15.4 Å². The number of amides is 1. The van der Waals surface area contributed by atoms with Gasteiger partial charge < -0.3 is 20.1 Å². The van der Waals surface area contributed by atoms with Gasteiger partial charge in [0, 0.05) is 19.2 Å². The van der Waals surface area contributed by atoms with E-state index in [2.05, 4.69) is 10.6 Å². The van der Waals surface area contributed by atoms with Gasteiger partial charge in [0.2, 0.25) is 5.91 Å². The molecule has 2 N–H and O–H groups in total. The highest BCUT2D eigenvalue weighted by molar-refractivity contribution is 5.93. The van der Waals surface area contributed by atoms with Crippen molar-refractivity contribution in [3.63, 3.8) is 0 Å². The van der Waals surface area contributed by atoms with Crippen LogP contribution in [-0.4, -0.2) is 31.7 Å². The molecule has 0 aromatic heterocycles. The molecule has 2 aromatic carbocycles. The number of carbonyl (C=O) groups excluding carboxylic acids is 1. The summed E-state index contributed by atoms with van der Waals surface area (Å²) in [6.45, 7) is 1.65. The number of anilines is 1. The molecule has 1 unspecified atom stereocenters. The topological polar surface area (TPSA) is 59.6 Å². The summed E-state index contributed by atoms with van der Waals surface area (Å²) in [7, 11) is 0. The fourth-order valence-corrected chi connectivity index (χ4v) is 2.66. The van der Waals surface area contributed by atoms with Crippen LogP contribution in [0.2, 0.25) is 0 Å². The standard InChI is InChI=1S/C19H21FN2O3.ClH/c20-14-5-3-6-15(11-14)25-18-9-2-1-8-17(18)22-19(23)13-21-12-16-7-4-10-24-16;/h1-3,5-6,8-9,11,16,21H,4,7,10,12-13H2,(H,22,23);1H. The second-order valence-corrected chi connectivity index (χ2v) is 5.87. The molecule has 0 aliphatic carbocycles. The van der Waals surface area contributed by atoms with Crippen LogP contribution in [-0.2, 0) is 9.53 Å². The minimum atomic E-state index is -0.377. The van der Waals surface area contributed by atoms with E-state index < -0.39 is 0 Å². The van der Waals surface area contributed by atoms with Crippen LogP contribution in [0.1, 0.15) is 12.8 Å². The third kappa shape index (κ3) is 5.98. The molecule has 1 aliphatic rings. The zero-order chi connectivity index (χ0) is 17.5. The number of halogens is 2. The molecule has 0 bridgehead atoms. The average molecular weight is 381 g/mol. The van der Waals surface area contributed by atoms with E-state index >= 15 is 0 Å². The van der Waals surface area contributed by atoms with Gasteiger partial charge >= 0.3 is 0 Å². The third-order valence-electron chi connectivity index (χ3n) is 3.87. The Morgan fingerprint density at radius 2 is 2.08 bits per heavy atom. The summed E-state index contributed by atoms with van der Waals surface area (Å²) in [5.41, 5.74) is 0.538. The van der Waals surface area contributed by atoms with Crippen molar-refractivity contribution >= 4 is 24.0 Å². The van der Waals surface area contributed by atoms with Crippen molar-refractivity contribution in [3.05, 3.63) is 54.3 Å². The number of ether oxygens (including phenoxy) is 2. The van der Waals surface area contributed by atoms with Gasteiger partial charge in [-0.25, -0.2) is 4.39 Å². The lowest BCUT2D eigenvalue weighted by molar-refractivity contribution is -0.115. The van der Waals surface area contributed by atoms with E-state index in [0.717, 1.165) is 19.4 Å². The molecule has 2 aromatic rings. The Morgan fingerprint density at radius 3 is 2.85 bits per heavy atom. The van der Waals surface area contributed by atoms with Gasteiger partial charge in [-0.15, -0.1) is 12.4 Å². The van der Waals surface area contributed by atoms with Crippen LogP contribution >= 0.6 is 12.4 Å². The van der Waals surface area contributed by atoms with Crippen molar-refractivity contribution in [2.45, 2.75) is 18.9 Å². The first-order chi connectivity index (χ1) is 12.2. The monoisotopic (exact) mass is 380 g/mol. The van der Waals surface area contributed by atoms with Gasteiger partial charge in [-0.05, 0) is 37.1 Å². The number of benzene rings is 2. The van der Waals surface area contributed by atoms with Crippen molar-refractivity contribution in [3.8, 4) is 11.5 Å². The first-order valence-electron chi connectivity index (χ1n) is 8.35. The molecule has 140 valence electrons. The number of carbonyl (C=O) groups is 1. The molecule has 0 spiro atoms. The summed E-state index contributed by atoms with van der Waals surface area (Å²) in [5, 5.41) is 5.91. The van der Waals surface area contributed by atoms with Crippen LogP contribution in [0.25, 0.3) is 0 Å². The summed E-state index contributed by atoms with van der Waals surface area (Å²) >= 11 is 0. The Bertz CT molecular complexity index is 723. The Kier molecular flexibility index (Phi) is 7.84. The Morgan fingerprint density at radius 1 is 1.23 bits per heavy atom. The third-order valence-corrected chi connectivity index (χ3v) is 3.87. The van der Waals surface area contributed by atoms with E-state index in [0.29, 0.717) is 23.7 Å². The van der Waals surface area contributed by atoms with Crippen molar-refractivity contribution in [1.82, 2.24) is 5.32 Å². The minimum Gasteiger partial charge on any atom is -0.455 e. The summed E-state index contributed by atoms with van der Waals surface area (Å²) in [4.78, 5) is 12.1. The molecule has 1 amide bonds. The van der Waals surface area contributed by atoms with Crippen molar-refractivity contribution in [1.29, 1.82) is 0 Å². The highest BCUT2D eigenvalue weighted by atomic mass is 35.5. The van der Waals surface area contributed by atoms with Gasteiger partial charge in [-0.2, -0.15) is 0 Å². The predicted molar refractivity (Wildman–Crippen MR) is 101 cm³/mol. The zero-order valence-electron chi connectivity index (χ0n) is 14.2. The maximum atomic E-state index is 13.3. The maximum absolute atomic E-state index is 13.3. The van der Waals surface area contributed by atoms with E-state index in [1.165, 1.54) is 12.1 Å². The van der Waals surface area contributed by atoms with Gasteiger partial charge in [0.1, 0.15) is 11.6 Å². The van der Waals surface area contributed by atoms with Gasteiger partial charge in [0.25, 0.3) is 0 Å². The van der Waals surface area contributed by atoms with Gasteiger partial charge in [-0.1, -0.05) is 18.2 Å². The first kappa shape index (κ1) is 20.2. The van der Waals surface area contributed by atoms with Crippen LogP contribution in [0.3, 0.4) is 0 Å². The lowest BCUT2D eigenvalue weighted by Crippen LogP contribution is -2.33. The first-order valence-corrected chi connectivity index (χ1v) is 8.35. The molecule has 1 heterocycles. The van der Waals surface area contributed by atoms with Crippen molar-refractivity contribution < 1.29 is 18.7 Å². The van der Waals surface area contributed by atoms with E-state index in [9.17, 15) is 9.18 Å². The quantitative estimate of drug-likeness (QED) is 0.768. The number of hydrogen-bond donors (Lipinski definition) is 2. The summed E-state index contributed by atoms with van der Waals surface area (Å²) in [6.07, 6.45) is 2.29. The van der Waals surface area contributed by atoms with E-state index in [1.54, 1.807) is 36.4 Å². The normalized spacial score (nSPS) is 16.0. The van der Waals surface area contributed by atoms with Crippen LogP contribution in [0.4, 0.5) is 10.1 Å². The van der Waals surface area contributed by atoms with E-state index in [4.69, 9.17) is 9.47 Å². The van der Waals surface area contributed by atoms with Crippen molar-refractivity contribution in [2.24, 2.45) is 0 Å². The van der Waals surface area contributed by atoms with Gasteiger partial charge in [-0.3, -0.25) is 4.79 Å². The van der Waals surface area contributed by atoms with E-state index in [1.807, 2.05) is 0 Å². The summed E-state index contributed by atoms with van der Waals surface area (Å²) in [5.74, 6) is 0.282. The Hall–Kier alpha value is -2.15. The molecule has 1 aliphatic heterocycles. The highest BCUT2D eigenvalue weighted by Gasteiger charge is 2.15. The molecule has 1 atom stereocenters. The van der Waals surface area contributed by atoms with Crippen LogP contribution in [0.5, 0.6) is 11.5 Å². The molecular formula is C19H22ClFN2O3. The molecule has 0 saturated carbocycles. The molecule has 1 fully saturated rings. The molecule has 3 rings (SSSR count). The second kappa shape index (κ2) is 10.1. The fraction of sp³-hybridized carbons (Fsp3) is 0.316. The predicted octanol–water partition coefficient (Wildman–Crippen LogP) is 3.75. The fourth-order valence-electron chi connectivity index (χ4n) is 2.66. The minimum absolute atomic E-state index is 0. The SMILES string of the molecule is Cl.O=C(CNCC1CCCO1)Nc1ccccc1Oc1cccc(F)c1. The molecule has 5 nitrogen and oxygen atoms in total. The smallest absolute Gasteiger partial charge is 0.238 e. The molecule has 7 heteroatoms. The largest absolute Gasteiger partial charge is 0.455 e. The highest BCUT2D eigenvalue weighted by Crippen LogP contribution is 2.29. The lowest BCUT2D eigenvalue weighted by atomic mass is 10.2. The average Bonchev–Trinajstić information content (AvgIpc) is 3.10. The Labute approximate surface area is 158 Å². The van der Waals surface area contributed by atoms with Crippen molar-refractivity contribution in [2.75, 3.05) is 25.0 Å². The Balaban J connectivity index is 0.00000243. The van der Waals surface area contributed by atoms with Crippen LogP contribution in [0, 0.1) is 5.82 Å².